The molecule has 0 bridgehead atoms. The van der Waals surface area contributed by atoms with Crippen LogP contribution in [-0.4, -0.2) is 92.8 Å². The highest BCUT2D eigenvalue weighted by molar-refractivity contribution is 5.77. The van der Waals surface area contributed by atoms with E-state index in [9.17, 15) is 39.9 Å². The van der Waals surface area contributed by atoms with E-state index in [0.29, 0.717) is 38.6 Å². The third kappa shape index (κ3) is 9.33. The molecule has 0 spiro atoms. The predicted molar refractivity (Wildman–Crippen MR) is 130 cm³/mol. The maximum Gasteiger partial charge on any atom is 0.364 e. The maximum atomic E-state index is 12.1. The van der Waals surface area contributed by atoms with Crippen molar-refractivity contribution in [3.63, 3.8) is 0 Å². The van der Waals surface area contributed by atoms with E-state index in [4.69, 9.17) is 9.47 Å². The summed E-state index contributed by atoms with van der Waals surface area (Å²) in [6, 6.07) is 8.33. The van der Waals surface area contributed by atoms with Crippen LogP contribution >= 0.6 is 0 Å². The summed E-state index contributed by atoms with van der Waals surface area (Å²) in [5.41, 5.74) is 1.01. The quantitative estimate of drug-likeness (QED) is 0.145. The van der Waals surface area contributed by atoms with Crippen LogP contribution < -0.4 is 10.6 Å². The van der Waals surface area contributed by atoms with E-state index >= 15 is 0 Å². The van der Waals surface area contributed by atoms with Crippen LogP contribution in [0.3, 0.4) is 0 Å². The van der Waals surface area contributed by atoms with Crippen LogP contribution in [0.2, 0.25) is 0 Å². The van der Waals surface area contributed by atoms with Gasteiger partial charge >= 0.3 is 5.97 Å². The normalized spacial score (nSPS) is 25.2. The smallest absolute Gasteiger partial charge is 0.364 e. The molecule has 1 aliphatic rings. The van der Waals surface area contributed by atoms with E-state index in [1.807, 2.05) is 30.3 Å². The van der Waals surface area contributed by atoms with Crippen molar-refractivity contribution in [2.45, 2.75) is 88.2 Å². The molecule has 1 aromatic carbocycles. The zero-order valence-corrected chi connectivity index (χ0v) is 20.9. The number of carbonyl (C=O) groups is 3. The van der Waals surface area contributed by atoms with Crippen molar-refractivity contribution >= 4 is 17.8 Å². The van der Waals surface area contributed by atoms with Gasteiger partial charge in [0.1, 0.15) is 18.3 Å². The lowest BCUT2D eigenvalue weighted by molar-refractivity contribution is -0.311. The van der Waals surface area contributed by atoms with E-state index in [1.54, 1.807) is 0 Å². The number of aliphatic hydroxyl groups is 4. The third-order valence-electron chi connectivity index (χ3n) is 6.15. The van der Waals surface area contributed by atoms with Crippen molar-refractivity contribution < 1.29 is 49.4 Å². The van der Waals surface area contributed by atoms with E-state index in [1.165, 1.54) is 6.92 Å². The second-order valence-electron chi connectivity index (χ2n) is 9.15. The molecule has 208 valence electrons. The summed E-state index contributed by atoms with van der Waals surface area (Å²) >= 11 is 0. The molecule has 1 saturated heterocycles. The van der Waals surface area contributed by atoms with Gasteiger partial charge in [0.15, 0.2) is 0 Å². The molecule has 12 heteroatoms. The van der Waals surface area contributed by atoms with Gasteiger partial charge in [-0.1, -0.05) is 43.2 Å². The Hall–Kier alpha value is -2.61. The number of carbonyl (C=O) groups excluding carboxylic acids is 2. The van der Waals surface area contributed by atoms with E-state index < -0.39 is 61.1 Å². The Morgan fingerprint density at radius 1 is 1.14 bits per heavy atom. The van der Waals surface area contributed by atoms with Gasteiger partial charge in [0.25, 0.3) is 5.79 Å². The number of amides is 2. The molecule has 0 aliphatic carbocycles. The van der Waals surface area contributed by atoms with Crippen LogP contribution in [0.5, 0.6) is 0 Å². The van der Waals surface area contributed by atoms with Gasteiger partial charge in [-0.15, -0.1) is 0 Å². The molecule has 0 aromatic heterocycles. The molecule has 1 heterocycles. The highest BCUT2D eigenvalue weighted by Crippen LogP contribution is 2.33. The molecule has 2 rings (SSSR count). The molecule has 0 radical (unpaired) electrons. The Labute approximate surface area is 215 Å². The minimum Gasteiger partial charge on any atom is -0.477 e. The SMILES string of the molecule is CC(=O)NC1C(O)CC(OCCCCCCC(=O)NCc2ccccc2)(C(=O)O)OC1[C@H](O)[C@H](O)CO. The fraction of sp³-hybridized carbons (Fsp3) is 0.640. The molecular formula is C25H38N2O10. The first-order valence-corrected chi connectivity index (χ1v) is 12.4. The standard InChI is InChI=1S/C25H38N2O10/c1-16(29)27-21-18(30)13-25(24(34)35,37-23(21)22(33)19(31)15-28)36-12-8-3-2-7-11-20(32)26-14-17-9-5-4-6-10-17/h4-6,9-10,18-19,21-23,28,30-31,33H,2-3,7-8,11-15H2,1H3,(H,26,32)(H,27,29)(H,34,35)/t18?,19-,21?,22-,23?,25?/m1/s1. The topological polar surface area (TPSA) is 195 Å². The van der Waals surface area contributed by atoms with Gasteiger partial charge in [0, 0.05) is 26.3 Å². The Balaban J connectivity index is 1.83. The fourth-order valence-electron chi connectivity index (χ4n) is 4.14. The average molecular weight is 527 g/mol. The van der Waals surface area contributed by atoms with Gasteiger partial charge < -0.3 is 45.6 Å². The first kappa shape index (κ1) is 30.6. The van der Waals surface area contributed by atoms with Crippen LogP contribution in [-0.2, 0) is 30.4 Å². The Morgan fingerprint density at radius 2 is 1.81 bits per heavy atom. The van der Waals surface area contributed by atoms with Crippen LogP contribution in [0, 0.1) is 0 Å². The third-order valence-corrected chi connectivity index (χ3v) is 6.15. The second kappa shape index (κ2) is 15.0. The molecule has 4 unspecified atom stereocenters. The highest BCUT2D eigenvalue weighted by Gasteiger charge is 2.55. The second-order valence-corrected chi connectivity index (χ2v) is 9.15. The molecule has 37 heavy (non-hydrogen) atoms. The summed E-state index contributed by atoms with van der Waals surface area (Å²) in [6.45, 7) is 0.732. The minimum atomic E-state index is -2.33. The number of aliphatic hydroxyl groups excluding tert-OH is 4. The largest absolute Gasteiger partial charge is 0.477 e. The van der Waals surface area contributed by atoms with Gasteiger partial charge in [-0.05, 0) is 18.4 Å². The number of carboxylic acid groups (broad SMARTS) is 1. The highest BCUT2D eigenvalue weighted by atomic mass is 16.7. The number of carboxylic acids is 1. The van der Waals surface area contributed by atoms with E-state index in [-0.39, 0.29) is 12.5 Å². The Kier molecular flexibility index (Phi) is 12.4. The van der Waals surface area contributed by atoms with E-state index in [2.05, 4.69) is 10.6 Å². The summed E-state index contributed by atoms with van der Waals surface area (Å²) in [5.74, 6) is -4.50. The Morgan fingerprint density at radius 3 is 2.43 bits per heavy atom. The predicted octanol–water partition coefficient (Wildman–Crippen LogP) is -0.581. The summed E-state index contributed by atoms with van der Waals surface area (Å²) in [5, 5.41) is 55.1. The van der Waals surface area contributed by atoms with Crippen molar-refractivity contribution in [2.24, 2.45) is 0 Å². The maximum absolute atomic E-state index is 12.1. The lowest BCUT2D eigenvalue weighted by Gasteiger charge is -2.46. The van der Waals surface area contributed by atoms with Crippen LogP contribution in [0.15, 0.2) is 30.3 Å². The number of unbranched alkanes of at least 4 members (excludes halogenated alkanes) is 3. The van der Waals surface area contributed by atoms with Crippen LogP contribution in [0.1, 0.15) is 51.0 Å². The zero-order valence-electron chi connectivity index (χ0n) is 20.9. The number of aliphatic carboxylic acids is 1. The number of rotatable bonds is 15. The number of benzene rings is 1. The molecule has 6 atom stereocenters. The summed E-state index contributed by atoms with van der Waals surface area (Å²) in [7, 11) is 0. The molecule has 0 saturated carbocycles. The molecule has 7 N–H and O–H groups in total. The molecule has 1 aliphatic heterocycles. The van der Waals surface area contributed by atoms with Crippen LogP contribution in [0.4, 0.5) is 0 Å². The first-order chi connectivity index (χ1) is 17.6. The summed E-state index contributed by atoms with van der Waals surface area (Å²) in [4.78, 5) is 35.6. The van der Waals surface area contributed by atoms with Crippen molar-refractivity contribution in [2.75, 3.05) is 13.2 Å². The molecule has 1 fully saturated rings. The summed E-state index contributed by atoms with van der Waals surface area (Å²) in [6.07, 6.45) is -4.29. The molecule has 12 nitrogen and oxygen atoms in total. The number of hydrogen-bond acceptors (Lipinski definition) is 9. The van der Waals surface area contributed by atoms with Crippen molar-refractivity contribution in [3.8, 4) is 0 Å². The van der Waals surface area contributed by atoms with Gasteiger partial charge in [-0.2, -0.15) is 0 Å². The van der Waals surface area contributed by atoms with Gasteiger partial charge in [0.2, 0.25) is 11.8 Å². The Bertz CT molecular complexity index is 870. The molecule has 2 amide bonds. The monoisotopic (exact) mass is 526 g/mol. The molecule has 1 aromatic rings. The average Bonchev–Trinajstić information content (AvgIpc) is 2.87. The van der Waals surface area contributed by atoms with Gasteiger partial charge in [-0.3, -0.25) is 9.59 Å². The number of nitrogens with one attached hydrogen (secondary N) is 2. The number of ether oxygens (including phenoxy) is 2. The number of hydrogen-bond donors (Lipinski definition) is 7. The van der Waals surface area contributed by atoms with E-state index in [0.717, 1.165) is 5.56 Å². The molecular weight excluding hydrogens is 488 g/mol. The van der Waals surface area contributed by atoms with Crippen LogP contribution in [0.25, 0.3) is 0 Å². The summed E-state index contributed by atoms with van der Waals surface area (Å²) < 4.78 is 11.1. The van der Waals surface area contributed by atoms with Crippen molar-refractivity contribution in [1.82, 2.24) is 10.6 Å². The first-order valence-electron chi connectivity index (χ1n) is 12.4. The minimum absolute atomic E-state index is 0.0462. The zero-order chi connectivity index (χ0) is 27.4. The van der Waals surface area contributed by atoms with Gasteiger partial charge in [-0.25, -0.2) is 4.79 Å². The lowest BCUT2D eigenvalue weighted by Crippen LogP contribution is -2.67. The van der Waals surface area contributed by atoms with Crippen molar-refractivity contribution in [1.29, 1.82) is 0 Å². The van der Waals surface area contributed by atoms with Crippen molar-refractivity contribution in [3.05, 3.63) is 35.9 Å². The lowest BCUT2D eigenvalue weighted by atomic mass is 9.88. The fourth-order valence-corrected chi connectivity index (χ4v) is 4.14. The van der Waals surface area contributed by atoms with Gasteiger partial charge in [0.05, 0.1) is 25.4 Å².